The number of carbonyl (C=O) groups is 1. The molecule has 0 aliphatic carbocycles. The molecule has 0 saturated heterocycles. The molecule has 3 rings (SSSR count). The summed E-state index contributed by atoms with van der Waals surface area (Å²) in [6.45, 7) is 10.3. The van der Waals surface area contributed by atoms with Gasteiger partial charge in [-0.3, -0.25) is 10.1 Å². The molecule has 3 aromatic rings. The Kier molecular flexibility index (Phi) is 5.01. The van der Waals surface area contributed by atoms with Crippen LogP contribution in [0.4, 0.5) is 5.13 Å². The molecule has 1 heterocycles. The fourth-order valence-corrected chi connectivity index (χ4v) is 3.55. The lowest BCUT2D eigenvalue weighted by molar-refractivity contribution is -0.122. The van der Waals surface area contributed by atoms with E-state index in [0.29, 0.717) is 10.9 Å². The predicted octanol–water partition coefficient (Wildman–Crippen LogP) is 5.31. The molecule has 0 bridgehead atoms. The Balaban J connectivity index is 1.65. The second-order valence-corrected chi connectivity index (χ2v) is 8.54. The third-order valence-electron chi connectivity index (χ3n) is 4.18. The van der Waals surface area contributed by atoms with E-state index in [1.54, 1.807) is 6.92 Å². The van der Waals surface area contributed by atoms with Crippen molar-refractivity contribution in [3.63, 3.8) is 0 Å². The zero-order valence-electron chi connectivity index (χ0n) is 15.8. The van der Waals surface area contributed by atoms with Gasteiger partial charge in [-0.05, 0) is 54.7 Å². The van der Waals surface area contributed by atoms with Gasteiger partial charge in [-0.15, -0.1) is 0 Å². The van der Waals surface area contributed by atoms with Crippen molar-refractivity contribution in [2.24, 2.45) is 0 Å². The summed E-state index contributed by atoms with van der Waals surface area (Å²) >= 11 is 1.47. The van der Waals surface area contributed by atoms with E-state index in [1.165, 1.54) is 22.5 Å². The summed E-state index contributed by atoms with van der Waals surface area (Å²) in [5, 5.41) is 3.44. The Morgan fingerprint density at radius 1 is 1.15 bits per heavy atom. The largest absolute Gasteiger partial charge is 0.481 e. The number of nitrogens with one attached hydrogen (secondary N) is 1. The molecule has 1 amide bonds. The zero-order chi connectivity index (χ0) is 18.9. The van der Waals surface area contributed by atoms with Crippen LogP contribution in [0.5, 0.6) is 5.75 Å². The fraction of sp³-hybridized carbons (Fsp3) is 0.333. The van der Waals surface area contributed by atoms with Crippen molar-refractivity contribution >= 4 is 32.6 Å². The van der Waals surface area contributed by atoms with Gasteiger partial charge >= 0.3 is 0 Å². The van der Waals surface area contributed by atoms with E-state index in [9.17, 15) is 4.79 Å². The van der Waals surface area contributed by atoms with Crippen molar-refractivity contribution < 1.29 is 9.53 Å². The Labute approximate surface area is 158 Å². The number of amides is 1. The summed E-state index contributed by atoms with van der Waals surface area (Å²) in [6, 6.07) is 13.9. The first-order chi connectivity index (χ1) is 12.2. The van der Waals surface area contributed by atoms with Gasteiger partial charge in [-0.2, -0.15) is 0 Å². The van der Waals surface area contributed by atoms with Crippen LogP contribution in [-0.2, 0) is 10.2 Å². The molecule has 0 saturated carbocycles. The van der Waals surface area contributed by atoms with E-state index in [2.05, 4.69) is 37.1 Å². The second kappa shape index (κ2) is 7.08. The highest BCUT2D eigenvalue weighted by atomic mass is 32.1. The molecule has 2 aromatic carbocycles. The summed E-state index contributed by atoms with van der Waals surface area (Å²) in [5.41, 5.74) is 3.38. The van der Waals surface area contributed by atoms with Gasteiger partial charge in [0, 0.05) is 0 Å². The molecule has 0 spiro atoms. The average molecular weight is 369 g/mol. The number of thiazole rings is 1. The number of nitrogens with zero attached hydrogens (tertiary/aromatic N) is 1. The van der Waals surface area contributed by atoms with Gasteiger partial charge in [-0.1, -0.05) is 50.3 Å². The number of aryl methyl sites for hydroxylation is 1. The molecule has 136 valence electrons. The highest BCUT2D eigenvalue weighted by Crippen LogP contribution is 2.27. The minimum Gasteiger partial charge on any atom is -0.481 e. The first kappa shape index (κ1) is 18.4. The number of benzene rings is 2. The maximum absolute atomic E-state index is 12.4. The van der Waals surface area contributed by atoms with Gasteiger partial charge in [0.05, 0.1) is 10.2 Å². The number of fused-ring (bicyclic) bond motifs is 1. The monoisotopic (exact) mass is 368 g/mol. The maximum atomic E-state index is 12.4. The van der Waals surface area contributed by atoms with Crippen LogP contribution in [0.1, 0.15) is 38.8 Å². The van der Waals surface area contributed by atoms with Crippen LogP contribution < -0.4 is 10.1 Å². The number of carbonyl (C=O) groups excluding carboxylic acids is 1. The number of hydrogen-bond donors (Lipinski definition) is 1. The van der Waals surface area contributed by atoms with Crippen molar-refractivity contribution in [2.75, 3.05) is 5.32 Å². The standard InChI is InChI=1S/C21H24N2O2S/c1-13-6-11-17-18(12-13)26-20(22-17)23-19(24)14(2)25-16-9-7-15(8-10-16)21(3,4)5/h6-12,14H,1-5H3,(H,22,23,24). The highest BCUT2D eigenvalue weighted by Gasteiger charge is 2.18. The van der Waals surface area contributed by atoms with Crippen LogP contribution in [0.15, 0.2) is 42.5 Å². The van der Waals surface area contributed by atoms with Crippen LogP contribution >= 0.6 is 11.3 Å². The molecule has 5 heteroatoms. The van der Waals surface area contributed by atoms with Gasteiger partial charge in [0.15, 0.2) is 11.2 Å². The Morgan fingerprint density at radius 2 is 1.85 bits per heavy atom. The SMILES string of the molecule is Cc1ccc2nc(NC(=O)C(C)Oc3ccc(C(C)(C)C)cc3)sc2c1. The van der Waals surface area contributed by atoms with Crippen molar-refractivity contribution in [3.8, 4) is 5.75 Å². The zero-order valence-corrected chi connectivity index (χ0v) is 16.6. The first-order valence-corrected chi connectivity index (χ1v) is 9.49. The molecule has 1 atom stereocenters. The molecule has 0 aliphatic rings. The quantitative estimate of drug-likeness (QED) is 0.679. The predicted molar refractivity (Wildman–Crippen MR) is 108 cm³/mol. The third-order valence-corrected chi connectivity index (χ3v) is 5.11. The van der Waals surface area contributed by atoms with Crippen LogP contribution in [0.2, 0.25) is 0 Å². The Morgan fingerprint density at radius 3 is 2.50 bits per heavy atom. The number of ether oxygens (including phenoxy) is 1. The van der Waals surface area contributed by atoms with E-state index < -0.39 is 6.10 Å². The minimum atomic E-state index is -0.607. The molecule has 26 heavy (non-hydrogen) atoms. The summed E-state index contributed by atoms with van der Waals surface area (Å²) in [7, 11) is 0. The Bertz CT molecular complexity index is 923. The lowest BCUT2D eigenvalue weighted by Gasteiger charge is -2.20. The molecule has 1 unspecified atom stereocenters. The van der Waals surface area contributed by atoms with Crippen molar-refractivity contribution in [3.05, 3.63) is 53.6 Å². The van der Waals surface area contributed by atoms with Gasteiger partial charge in [0.25, 0.3) is 5.91 Å². The summed E-state index contributed by atoms with van der Waals surface area (Å²) < 4.78 is 6.84. The molecule has 0 radical (unpaired) electrons. The van der Waals surface area contributed by atoms with Gasteiger partial charge in [0.2, 0.25) is 0 Å². The third kappa shape index (κ3) is 4.22. The van der Waals surface area contributed by atoms with Crippen molar-refractivity contribution in [1.82, 2.24) is 4.98 Å². The summed E-state index contributed by atoms with van der Waals surface area (Å²) in [5.74, 6) is 0.473. The molecule has 0 fully saturated rings. The molecule has 4 nitrogen and oxygen atoms in total. The number of hydrogen-bond acceptors (Lipinski definition) is 4. The maximum Gasteiger partial charge on any atom is 0.266 e. The van der Waals surface area contributed by atoms with E-state index in [4.69, 9.17) is 4.74 Å². The molecule has 1 aromatic heterocycles. The van der Waals surface area contributed by atoms with Gasteiger partial charge in [0.1, 0.15) is 5.75 Å². The summed E-state index contributed by atoms with van der Waals surface area (Å²) in [6.07, 6.45) is -0.607. The van der Waals surface area contributed by atoms with Crippen LogP contribution in [-0.4, -0.2) is 17.0 Å². The minimum absolute atomic E-state index is 0.0900. The highest BCUT2D eigenvalue weighted by molar-refractivity contribution is 7.22. The summed E-state index contributed by atoms with van der Waals surface area (Å²) in [4.78, 5) is 16.9. The van der Waals surface area contributed by atoms with E-state index >= 15 is 0 Å². The van der Waals surface area contributed by atoms with Crippen molar-refractivity contribution in [2.45, 2.75) is 46.1 Å². The number of anilines is 1. The molecule has 1 N–H and O–H groups in total. The van der Waals surface area contributed by atoms with Crippen LogP contribution in [0.3, 0.4) is 0 Å². The molecular formula is C21H24N2O2S. The normalized spacial score (nSPS) is 12.8. The van der Waals surface area contributed by atoms with Gasteiger partial charge in [-0.25, -0.2) is 4.98 Å². The van der Waals surface area contributed by atoms with Crippen molar-refractivity contribution in [1.29, 1.82) is 0 Å². The van der Waals surface area contributed by atoms with Crippen LogP contribution in [0.25, 0.3) is 10.2 Å². The average Bonchev–Trinajstić information content (AvgIpc) is 2.95. The second-order valence-electron chi connectivity index (χ2n) is 7.51. The molecule has 0 aliphatic heterocycles. The lowest BCUT2D eigenvalue weighted by atomic mass is 9.87. The van der Waals surface area contributed by atoms with E-state index in [-0.39, 0.29) is 11.3 Å². The number of rotatable bonds is 4. The molecular weight excluding hydrogens is 344 g/mol. The van der Waals surface area contributed by atoms with E-state index in [0.717, 1.165) is 10.2 Å². The lowest BCUT2D eigenvalue weighted by Crippen LogP contribution is -2.30. The van der Waals surface area contributed by atoms with E-state index in [1.807, 2.05) is 43.3 Å². The fourth-order valence-electron chi connectivity index (χ4n) is 2.58. The first-order valence-electron chi connectivity index (χ1n) is 8.67. The van der Waals surface area contributed by atoms with Gasteiger partial charge < -0.3 is 4.74 Å². The van der Waals surface area contributed by atoms with Crippen LogP contribution in [0, 0.1) is 6.92 Å². The Hall–Kier alpha value is -2.40. The smallest absolute Gasteiger partial charge is 0.266 e. The topological polar surface area (TPSA) is 51.2 Å². The number of aromatic nitrogens is 1.